The molecule has 0 N–H and O–H groups in total. The SMILES string of the molecule is COc1cccc2c1O[C@@H](c1ccc(OCCCN3CCCC3)c(Br)c1)[C@@H](C)S2. The zero-order valence-electron chi connectivity index (χ0n) is 17.0. The lowest BCUT2D eigenvalue weighted by Crippen LogP contribution is -2.23. The Kier molecular flexibility index (Phi) is 6.93. The molecule has 0 unspecified atom stereocenters. The fourth-order valence-electron chi connectivity index (χ4n) is 3.98. The van der Waals surface area contributed by atoms with Gasteiger partial charge in [-0.15, -0.1) is 11.8 Å². The molecule has 2 heterocycles. The molecule has 4 rings (SSSR count). The maximum absolute atomic E-state index is 6.39. The van der Waals surface area contributed by atoms with Crippen LogP contribution in [0.2, 0.25) is 0 Å². The summed E-state index contributed by atoms with van der Waals surface area (Å²) < 4.78 is 18.9. The molecule has 0 bridgehead atoms. The number of methoxy groups -OCH3 is 1. The standard InChI is InChI=1S/C23H28BrNO3S/c1-16-22(28-23-20(26-2)7-5-8-21(23)29-16)17-9-10-19(18(24)15-17)27-14-6-13-25-11-3-4-12-25/h5,7-10,15-16,22H,3-4,6,11-14H2,1-2H3/t16-,22-/m1/s1. The van der Waals surface area contributed by atoms with Crippen LogP contribution in [-0.2, 0) is 0 Å². The molecule has 0 spiro atoms. The van der Waals surface area contributed by atoms with E-state index in [1.165, 1.54) is 25.9 Å². The van der Waals surface area contributed by atoms with E-state index >= 15 is 0 Å². The van der Waals surface area contributed by atoms with Crippen LogP contribution in [-0.4, -0.2) is 43.5 Å². The van der Waals surface area contributed by atoms with E-state index in [0.29, 0.717) is 5.25 Å². The molecule has 29 heavy (non-hydrogen) atoms. The lowest BCUT2D eigenvalue weighted by molar-refractivity contribution is 0.186. The molecule has 1 fully saturated rings. The number of thioether (sulfide) groups is 1. The van der Waals surface area contributed by atoms with E-state index in [1.54, 1.807) is 7.11 Å². The van der Waals surface area contributed by atoms with Crippen LogP contribution in [0.4, 0.5) is 0 Å². The van der Waals surface area contributed by atoms with Crippen LogP contribution in [0, 0.1) is 0 Å². The third-order valence-electron chi connectivity index (χ3n) is 5.51. The maximum Gasteiger partial charge on any atom is 0.175 e. The molecule has 2 aromatic carbocycles. The van der Waals surface area contributed by atoms with Gasteiger partial charge < -0.3 is 19.1 Å². The second-order valence-corrected chi connectivity index (χ2v) is 9.86. The van der Waals surface area contributed by atoms with E-state index < -0.39 is 0 Å². The summed E-state index contributed by atoms with van der Waals surface area (Å²) in [5, 5.41) is 0.300. The second-order valence-electron chi connectivity index (χ2n) is 7.59. The molecule has 0 aliphatic carbocycles. The number of para-hydroxylation sites is 1. The van der Waals surface area contributed by atoms with Gasteiger partial charge in [0.1, 0.15) is 11.9 Å². The van der Waals surface area contributed by atoms with E-state index in [4.69, 9.17) is 14.2 Å². The van der Waals surface area contributed by atoms with Gasteiger partial charge in [0.05, 0.1) is 23.1 Å². The number of nitrogens with zero attached hydrogens (tertiary/aromatic N) is 1. The summed E-state index contributed by atoms with van der Waals surface area (Å²) in [6, 6.07) is 12.3. The Labute approximate surface area is 186 Å². The van der Waals surface area contributed by atoms with Gasteiger partial charge in [0.2, 0.25) is 0 Å². The third kappa shape index (κ3) is 4.86. The van der Waals surface area contributed by atoms with Gasteiger partial charge in [0.15, 0.2) is 11.5 Å². The highest BCUT2D eigenvalue weighted by Gasteiger charge is 2.31. The second kappa shape index (κ2) is 9.63. The number of benzene rings is 2. The fourth-order valence-corrected chi connectivity index (χ4v) is 5.64. The predicted molar refractivity (Wildman–Crippen MR) is 122 cm³/mol. The van der Waals surface area contributed by atoms with Crippen LogP contribution in [0.25, 0.3) is 0 Å². The Bertz CT molecular complexity index is 841. The minimum absolute atomic E-state index is 0.0377. The first-order valence-electron chi connectivity index (χ1n) is 10.3. The van der Waals surface area contributed by atoms with Gasteiger partial charge in [-0.1, -0.05) is 12.1 Å². The summed E-state index contributed by atoms with van der Waals surface area (Å²) in [5.41, 5.74) is 1.14. The Balaban J connectivity index is 1.40. The molecule has 6 heteroatoms. The van der Waals surface area contributed by atoms with Gasteiger partial charge in [-0.05, 0) is 85.0 Å². The molecule has 0 aromatic heterocycles. The summed E-state index contributed by atoms with van der Waals surface area (Å²) in [7, 11) is 1.68. The molecule has 0 saturated carbocycles. The van der Waals surface area contributed by atoms with Crippen molar-refractivity contribution in [3.05, 3.63) is 46.4 Å². The van der Waals surface area contributed by atoms with Gasteiger partial charge in [0.25, 0.3) is 0 Å². The lowest BCUT2D eigenvalue weighted by Gasteiger charge is -2.32. The van der Waals surface area contributed by atoms with Gasteiger partial charge in [-0.25, -0.2) is 0 Å². The summed E-state index contributed by atoms with van der Waals surface area (Å²) in [6.45, 7) is 6.55. The van der Waals surface area contributed by atoms with Gasteiger partial charge >= 0.3 is 0 Å². The minimum atomic E-state index is -0.0377. The van der Waals surface area contributed by atoms with Crippen molar-refractivity contribution >= 4 is 27.7 Å². The first-order valence-corrected chi connectivity index (χ1v) is 12.0. The van der Waals surface area contributed by atoms with E-state index in [1.807, 2.05) is 30.0 Å². The summed E-state index contributed by atoms with van der Waals surface area (Å²) >= 11 is 5.52. The molecule has 1 saturated heterocycles. The Morgan fingerprint density at radius 2 is 2.00 bits per heavy atom. The van der Waals surface area contributed by atoms with Crippen LogP contribution in [0.1, 0.15) is 37.9 Å². The highest BCUT2D eigenvalue weighted by molar-refractivity contribution is 9.10. The third-order valence-corrected chi connectivity index (χ3v) is 7.32. The average molecular weight is 478 g/mol. The number of ether oxygens (including phenoxy) is 3. The number of fused-ring (bicyclic) bond motifs is 1. The Hall–Kier alpha value is -1.37. The smallest absolute Gasteiger partial charge is 0.175 e. The molecule has 156 valence electrons. The molecule has 0 amide bonds. The number of hydrogen-bond donors (Lipinski definition) is 0. The van der Waals surface area contributed by atoms with Crippen molar-refractivity contribution in [3.8, 4) is 17.2 Å². The lowest BCUT2D eigenvalue weighted by atomic mass is 10.1. The number of rotatable bonds is 7. The van der Waals surface area contributed by atoms with Crippen molar-refractivity contribution in [1.29, 1.82) is 0 Å². The van der Waals surface area contributed by atoms with Gasteiger partial charge in [-0.3, -0.25) is 0 Å². The molecule has 2 aromatic rings. The van der Waals surface area contributed by atoms with Crippen LogP contribution >= 0.6 is 27.7 Å². The summed E-state index contributed by atoms with van der Waals surface area (Å²) in [5.74, 6) is 2.51. The maximum atomic E-state index is 6.39. The average Bonchev–Trinajstić information content (AvgIpc) is 3.24. The van der Waals surface area contributed by atoms with Crippen molar-refractivity contribution in [1.82, 2.24) is 4.90 Å². The highest BCUT2D eigenvalue weighted by Crippen LogP contribution is 2.49. The zero-order chi connectivity index (χ0) is 20.2. The van der Waals surface area contributed by atoms with Gasteiger partial charge in [0, 0.05) is 11.8 Å². The molecule has 2 aliphatic rings. The summed E-state index contributed by atoms with van der Waals surface area (Å²) in [4.78, 5) is 3.65. The van der Waals surface area contributed by atoms with E-state index in [0.717, 1.165) is 51.8 Å². The number of halogens is 1. The Morgan fingerprint density at radius 3 is 2.76 bits per heavy atom. The van der Waals surface area contributed by atoms with Gasteiger partial charge in [-0.2, -0.15) is 0 Å². The van der Waals surface area contributed by atoms with E-state index in [-0.39, 0.29) is 6.10 Å². The largest absolute Gasteiger partial charge is 0.493 e. The van der Waals surface area contributed by atoms with Crippen molar-refractivity contribution < 1.29 is 14.2 Å². The molecule has 0 radical (unpaired) electrons. The van der Waals surface area contributed by atoms with Crippen LogP contribution < -0.4 is 14.2 Å². The molecule has 2 atom stereocenters. The Morgan fingerprint density at radius 1 is 1.17 bits per heavy atom. The quantitative estimate of drug-likeness (QED) is 0.460. The monoisotopic (exact) mass is 477 g/mol. The highest BCUT2D eigenvalue weighted by atomic mass is 79.9. The first-order chi connectivity index (χ1) is 14.2. The molecule has 4 nitrogen and oxygen atoms in total. The van der Waals surface area contributed by atoms with Crippen LogP contribution in [0.5, 0.6) is 17.2 Å². The summed E-state index contributed by atoms with van der Waals surface area (Å²) in [6.07, 6.45) is 3.70. The van der Waals surface area contributed by atoms with E-state index in [9.17, 15) is 0 Å². The predicted octanol–water partition coefficient (Wildman–Crippen LogP) is 5.94. The molecular weight excluding hydrogens is 450 g/mol. The van der Waals surface area contributed by atoms with Crippen molar-refractivity contribution in [2.24, 2.45) is 0 Å². The fraction of sp³-hybridized carbons (Fsp3) is 0.478. The normalized spacial score (nSPS) is 21.5. The topological polar surface area (TPSA) is 30.9 Å². The van der Waals surface area contributed by atoms with Crippen molar-refractivity contribution in [2.45, 2.75) is 42.4 Å². The van der Waals surface area contributed by atoms with Crippen LogP contribution in [0.15, 0.2) is 45.8 Å². The molecular formula is C23H28BrNO3S. The van der Waals surface area contributed by atoms with E-state index in [2.05, 4.69) is 46.0 Å². The van der Waals surface area contributed by atoms with Crippen molar-refractivity contribution in [3.63, 3.8) is 0 Å². The minimum Gasteiger partial charge on any atom is -0.493 e. The zero-order valence-corrected chi connectivity index (χ0v) is 19.4. The van der Waals surface area contributed by atoms with Crippen molar-refractivity contribution in [2.75, 3.05) is 33.4 Å². The first kappa shape index (κ1) is 20.9. The number of hydrogen-bond acceptors (Lipinski definition) is 5. The number of likely N-dealkylation sites (tertiary alicyclic amines) is 1. The molecule has 2 aliphatic heterocycles. The van der Waals surface area contributed by atoms with Crippen LogP contribution in [0.3, 0.4) is 0 Å².